The molecule has 2 fully saturated rings. The van der Waals surface area contributed by atoms with Crippen LogP contribution in [0.5, 0.6) is 0 Å². The molecule has 3 rings (SSSR count). The molecule has 0 radical (unpaired) electrons. The largest absolute Gasteiger partial charge is 0.379 e. The third-order valence-electron chi connectivity index (χ3n) is 5.00. The van der Waals surface area contributed by atoms with Crippen LogP contribution in [0.25, 0.3) is 0 Å². The minimum atomic E-state index is -0.0882. The molecule has 1 spiro atoms. The van der Waals surface area contributed by atoms with E-state index in [2.05, 4.69) is 24.8 Å². The standard InChI is InChI=1S/C20H27N3O2/c1-16(2)11-23-14-20(9-19(23)24)13-22(7-8-25-15-20)12-18-5-3-17(10-21)4-6-18/h3-6,16H,7-9,11-15H2,1-2H3. The maximum atomic E-state index is 12.5. The van der Waals surface area contributed by atoms with Crippen LogP contribution in [-0.2, 0) is 16.1 Å². The highest BCUT2D eigenvalue weighted by atomic mass is 16.5. The number of hydrogen-bond acceptors (Lipinski definition) is 4. The van der Waals surface area contributed by atoms with Crippen LogP contribution in [-0.4, -0.2) is 55.1 Å². The molecule has 0 bridgehead atoms. The van der Waals surface area contributed by atoms with Gasteiger partial charge in [-0.2, -0.15) is 5.26 Å². The molecule has 0 aromatic heterocycles. The van der Waals surface area contributed by atoms with E-state index < -0.39 is 0 Å². The van der Waals surface area contributed by atoms with Gasteiger partial charge in [-0.25, -0.2) is 0 Å². The minimum Gasteiger partial charge on any atom is -0.379 e. The Morgan fingerprint density at radius 3 is 2.72 bits per heavy atom. The molecule has 1 aromatic carbocycles. The van der Waals surface area contributed by atoms with Crippen molar-refractivity contribution in [3.8, 4) is 6.07 Å². The predicted octanol–water partition coefficient (Wildman–Crippen LogP) is 2.27. The molecule has 2 heterocycles. The summed E-state index contributed by atoms with van der Waals surface area (Å²) in [6, 6.07) is 9.92. The molecule has 134 valence electrons. The molecular formula is C20H27N3O2. The summed E-state index contributed by atoms with van der Waals surface area (Å²) < 4.78 is 5.87. The molecule has 1 atom stereocenters. The molecule has 5 nitrogen and oxygen atoms in total. The van der Waals surface area contributed by atoms with Crippen molar-refractivity contribution in [3.05, 3.63) is 35.4 Å². The van der Waals surface area contributed by atoms with Crippen LogP contribution >= 0.6 is 0 Å². The lowest BCUT2D eigenvalue weighted by atomic mass is 9.87. The molecule has 5 heteroatoms. The molecule has 0 N–H and O–H groups in total. The summed E-state index contributed by atoms with van der Waals surface area (Å²) in [5, 5.41) is 8.92. The van der Waals surface area contributed by atoms with E-state index >= 15 is 0 Å². The van der Waals surface area contributed by atoms with Crippen LogP contribution in [0.2, 0.25) is 0 Å². The first-order valence-corrected chi connectivity index (χ1v) is 9.07. The highest BCUT2D eigenvalue weighted by Crippen LogP contribution is 2.35. The van der Waals surface area contributed by atoms with E-state index in [9.17, 15) is 4.79 Å². The number of nitrogens with zero attached hydrogens (tertiary/aromatic N) is 3. The summed E-state index contributed by atoms with van der Waals surface area (Å²) in [4.78, 5) is 16.9. The Morgan fingerprint density at radius 2 is 2.04 bits per heavy atom. The van der Waals surface area contributed by atoms with E-state index in [0.717, 1.165) is 32.7 Å². The zero-order chi connectivity index (χ0) is 17.9. The lowest BCUT2D eigenvalue weighted by molar-refractivity contribution is -0.128. The maximum Gasteiger partial charge on any atom is 0.223 e. The van der Waals surface area contributed by atoms with Crippen molar-refractivity contribution in [3.63, 3.8) is 0 Å². The van der Waals surface area contributed by atoms with Gasteiger partial charge in [0.25, 0.3) is 0 Å². The maximum absolute atomic E-state index is 12.5. The molecule has 1 amide bonds. The number of rotatable bonds is 4. The summed E-state index contributed by atoms with van der Waals surface area (Å²) in [6.07, 6.45) is 0.587. The normalized spacial score (nSPS) is 24.7. The lowest BCUT2D eigenvalue weighted by Crippen LogP contribution is -2.41. The summed E-state index contributed by atoms with van der Waals surface area (Å²) in [5.41, 5.74) is 1.79. The highest BCUT2D eigenvalue weighted by molar-refractivity contribution is 5.79. The third kappa shape index (κ3) is 4.39. The van der Waals surface area contributed by atoms with Gasteiger partial charge in [-0.1, -0.05) is 26.0 Å². The number of hydrogen-bond donors (Lipinski definition) is 0. The van der Waals surface area contributed by atoms with Crippen molar-refractivity contribution in [1.29, 1.82) is 5.26 Å². The molecular weight excluding hydrogens is 314 g/mol. The third-order valence-corrected chi connectivity index (χ3v) is 5.00. The number of likely N-dealkylation sites (tertiary alicyclic amines) is 1. The lowest BCUT2D eigenvalue weighted by Gasteiger charge is -2.31. The summed E-state index contributed by atoms with van der Waals surface area (Å²) in [7, 11) is 0. The van der Waals surface area contributed by atoms with Crippen molar-refractivity contribution in [1.82, 2.24) is 9.80 Å². The number of nitriles is 1. The Morgan fingerprint density at radius 1 is 1.28 bits per heavy atom. The first-order valence-electron chi connectivity index (χ1n) is 9.07. The van der Waals surface area contributed by atoms with Crippen LogP contribution < -0.4 is 0 Å². The van der Waals surface area contributed by atoms with Gasteiger partial charge in [-0.3, -0.25) is 9.69 Å². The SMILES string of the molecule is CC(C)CN1CC2(COCCN(Cc3ccc(C#N)cc3)C2)CC1=O. The second kappa shape index (κ2) is 7.55. The van der Waals surface area contributed by atoms with Gasteiger partial charge < -0.3 is 9.64 Å². The molecule has 1 unspecified atom stereocenters. The van der Waals surface area contributed by atoms with Gasteiger partial charge in [0.15, 0.2) is 0 Å². The van der Waals surface area contributed by atoms with E-state index in [1.165, 1.54) is 5.56 Å². The minimum absolute atomic E-state index is 0.0882. The number of carbonyl (C=O) groups is 1. The van der Waals surface area contributed by atoms with Crippen LogP contribution in [0, 0.1) is 22.7 Å². The second-order valence-corrected chi connectivity index (χ2v) is 7.92. The smallest absolute Gasteiger partial charge is 0.223 e. The Kier molecular flexibility index (Phi) is 5.41. The number of amides is 1. The van der Waals surface area contributed by atoms with Gasteiger partial charge in [0.1, 0.15) is 0 Å². The van der Waals surface area contributed by atoms with Crippen molar-refractivity contribution in [2.45, 2.75) is 26.8 Å². The van der Waals surface area contributed by atoms with Crippen LogP contribution in [0.3, 0.4) is 0 Å². The number of carbonyl (C=O) groups excluding carboxylic acids is 1. The average molecular weight is 341 g/mol. The Hall–Kier alpha value is -1.90. The van der Waals surface area contributed by atoms with E-state index in [4.69, 9.17) is 10.00 Å². The molecule has 2 saturated heterocycles. The first kappa shape index (κ1) is 17.9. The molecule has 2 aliphatic heterocycles. The second-order valence-electron chi connectivity index (χ2n) is 7.92. The van der Waals surface area contributed by atoms with Gasteiger partial charge in [-0.05, 0) is 23.6 Å². The molecule has 2 aliphatic rings. The fourth-order valence-corrected chi connectivity index (χ4v) is 3.95. The van der Waals surface area contributed by atoms with Gasteiger partial charge in [-0.15, -0.1) is 0 Å². The van der Waals surface area contributed by atoms with Crippen LogP contribution in [0.1, 0.15) is 31.4 Å². The quantitative estimate of drug-likeness (QED) is 0.843. The van der Waals surface area contributed by atoms with E-state index in [0.29, 0.717) is 31.1 Å². The Labute approximate surface area is 150 Å². The predicted molar refractivity (Wildman–Crippen MR) is 95.7 cm³/mol. The van der Waals surface area contributed by atoms with Crippen LogP contribution in [0.4, 0.5) is 0 Å². The molecule has 0 saturated carbocycles. The highest BCUT2D eigenvalue weighted by Gasteiger charge is 2.45. The first-order chi connectivity index (χ1) is 12.0. The fourth-order valence-electron chi connectivity index (χ4n) is 3.95. The fraction of sp³-hybridized carbons (Fsp3) is 0.600. The summed E-state index contributed by atoms with van der Waals surface area (Å²) in [6.45, 7) is 9.89. The van der Waals surface area contributed by atoms with Crippen molar-refractivity contribution >= 4 is 5.91 Å². The van der Waals surface area contributed by atoms with E-state index in [1.807, 2.05) is 29.2 Å². The zero-order valence-electron chi connectivity index (χ0n) is 15.2. The van der Waals surface area contributed by atoms with Gasteiger partial charge in [0.2, 0.25) is 5.91 Å². The topological polar surface area (TPSA) is 56.6 Å². The summed E-state index contributed by atoms with van der Waals surface area (Å²) >= 11 is 0. The zero-order valence-corrected chi connectivity index (χ0v) is 15.2. The van der Waals surface area contributed by atoms with Crippen LogP contribution in [0.15, 0.2) is 24.3 Å². The molecule has 25 heavy (non-hydrogen) atoms. The van der Waals surface area contributed by atoms with Crippen molar-refractivity contribution in [2.24, 2.45) is 11.3 Å². The van der Waals surface area contributed by atoms with E-state index in [1.54, 1.807) is 0 Å². The van der Waals surface area contributed by atoms with Crippen molar-refractivity contribution in [2.75, 3.05) is 39.4 Å². The number of benzene rings is 1. The monoisotopic (exact) mass is 341 g/mol. The average Bonchev–Trinajstić information content (AvgIpc) is 2.74. The number of ether oxygens (including phenoxy) is 1. The van der Waals surface area contributed by atoms with E-state index in [-0.39, 0.29) is 11.3 Å². The van der Waals surface area contributed by atoms with Gasteiger partial charge in [0, 0.05) is 44.6 Å². The Balaban J connectivity index is 1.68. The van der Waals surface area contributed by atoms with Gasteiger partial charge in [0.05, 0.1) is 24.8 Å². The Bertz CT molecular complexity index is 650. The molecule has 1 aromatic rings. The summed E-state index contributed by atoms with van der Waals surface area (Å²) in [5.74, 6) is 0.748. The van der Waals surface area contributed by atoms with Crippen molar-refractivity contribution < 1.29 is 9.53 Å². The van der Waals surface area contributed by atoms with Gasteiger partial charge >= 0.3 is 0 Å². The molecule has 0 aliphatic carbocycles.